The van der Waals surface area contributed by atoms with Crippen LogP contribution in [0.4, 0.5) is 5.69 Å². The van der Waals surface area contributed by atoms with Gasteiger partial charge in [0, 0.05) is 50.3 Å². The van der Waals surface area contributed by atoms with Gasteiger partial charge in [-0.25, -0.2) is 0 Å². The van der Waals surface area contributed by atoms with Gasteiger partial charge in [0.15, 0.2) is 5.78 Å². The van der Waals surface area contributed by atoms with Crippen LogP contribution < -0.4 is 4.90 Å². The van der Waals surface area contributed by atoms with Crippen molar-refractivity contribution in [1.29, 1.82) is 0 Å². The summed E-state index contributed by atoms with van der Waals surface area (Å²) in [4.78, 5) is 29.5. The molecule has 2 aliphatic heterocycles. The lowest BCUT2D eigenvalue weighted by Gasteiger charge is -2.35. The van der Waals surface area contributed by atoms with Crippen LogP contribution in [-0.4, -0.2) is 56.5 Å². The van der Waals surface area contributed by atoms with E-state index in [0.29, 0.717) is 12.8 Å². The fraction of sp³-hybridized carbons (Fsp3) is 0.600. The molecule has 1 aromatic carbocycles. The smallest absolute Gasteiger partial charge is 0.227 e. The lowest BCUT2D eigenvalue weighted by molar-refractivity contribution is -0.118. The highest BCUT2D eigenvalue weighted by Crippen LogP contribution is 2.39. The van der Waals surface area contributed by atoms with Gasteiger partial charge >= 0.3 is 0 Å². The SMILES string of the molecule is Cc1cc2c(c3c1CCC(CN1CCOCC1)C3=O)CCC(=O)N2C. The van der Waals surface area contributed by atoms with Gasteiger partial charge < -0.3 is 9.64 Å². The van der Waals surface area contributed by atoms with Gasteiger partial charge in [-0.3, -0.25) is 14.5 Å². The number of morpholine rings is 1. The Bertz CT molecular complexity index is 722. The molecule has 5 heteroatoms. The quantitative estimate of drug-likeness (QED) is 0.825. The summed E-state index contributed by atoms with van der Waals surface area (Å²) >= 11 is 0. The number of rotatable bonds is 2. The summed E-state index contributed by atoms with van der Waals surface area (Å²) < 4.78 is 5.42. The third kappa shape index (κ3) is 2.89. The van der Waals surface area contributed by atoms with Crippen LogP contribution in [0, 0.1) is 12.8 Å². The highest BCUT2D eigenvalue weighted by Gasteiger charge is 2.35. The highest BCUT2D eigenvalue weighted by molar-refractivity contribution is 6.06. The van der Waals surface area contributed by atoms with Crippen molar-refractivity contribution in [3.05, 3.63) is 28.3 Å². The zero-order chi connectivity index (χ0) is 17.6. The van der Waals surface area contributed by atoms with Gasteiger partial charge in [-0.05, 0) is 48.9 Å². The van der Waals surface area contributed by atoms with E-state index < -0.39 is 0 Å². The molecule has 1 atom stereocenters. The lowest BCUT2D eigenvalue weighted by atomic mass is 9.76. The van der Waals surface area contributed by atoms with Crippen molar-refractivity contribution in [2.45, 2.75) is 32.6 Å². The molecule has 5 nitrogen and oxygen atoms in total. The first-order valence-electron chi connectivity index (χ1n) is 9.32. The van der Waals surface area contributed by atoms with E-state index in [1.165, 1.54) is 5.56 Å². The Morgan fingerprint density at radius 2 is 1.88 bits per heavy atom. The van der Waals surface area contributed by atoms with E-state index in [9.17, 15) is 9.59 Å². The summed E-state index contributed by atoms with van der Waals surface area (Å²) in [5.41, 5.74) is 5.32. The minimum Gasteiger partial charge on any atom is -0.379 e. The molecule has 1 aliphatic carbocycles. The van der Waals surface area contributed by atoms with Crippen molar-refractivity contribution in [3.8, 4) is 0 Å². The molecule has 3 aliphatic rings. The predicted molar refractivity (Wildman–Crippen MR) is 96.3 cm³/mol. The van der Waals surface area contributed by atoms with E-state index in [1.54, 1.807) is 4.90 Å². The Hall–Kier alpha value is -1.72. The molecule has 0 spiro atoms. The Morgan fingerprint density at radius 1 is 1.12 bits per heavy atom. The molecule has 2 heterocycles. The minimum atomic E-state index is 0.0689. The second-order valence-electron chi connectivity index (χ2n) is 7.51. The molecule has 1 unspecified atom stereocenters. The minimum absolute atomic E-state index is 0.0689. The van der Waals surface area contributed by atoms with Crippen molar-refractivity contribution in [2.75, 3.05) is 44.8 Å². The van der Waals surface area contributed by atoms with Crippen LogP contribution >= 0.6 is 0 Å². The molecule has 1 amide bonds. The summed E-state index contributed by atoms with van der Waals surface area (Å²) in [6, 6.07) is 2.10. The van der Waals surface area contributed by atoms with Gasteiger partial charge in [0.1, 0.15) is 0 Å². The van der Waals surface area contributed by atoms with Crippen LogP contribution in [0.1, 0.15) is 39.9 Å². The van der Waals surface area contributed by atoms with Crippen molar-refractivity contribution in [2.24, 2.45) is 5.92 Å². The number of carbonyl (C=O) groups is 2. The van der Waals surface area contributed by atoms with Crippen LogP contribution in [0.3, 0.4) is 0 Å². The molecule has 25 heavy (non-hydrogen) atoms. The van der Waals surface area contributed by atoms with E-state index in [-0.39, 0.29) is 17.6 Å². The Morgan fingerprint density at radius 3 is 2.64 bits per heavy atom. The number of hydrogen-bond donors (Lipinski definition) is 0. The fourth-order valence-electron chi connectivity index (χ4n) is 4.52. The molecule has 1 saturated heterocycles. The summed E-state index contributed by atoms with van der Waals surface area (Å²) in [6.07, 6.45) is 3.09. The topological polar surface area (TPSA) is 49.9 Å². The normalized spacial score (nSPS) is 24.2. The lowest BCUT2D eigenvalue weighted by Crippen LogP contribution is -2.42. The van der Waals surface area contributed by atoms with Crippen molar-refractivity contribution >= 4 is 17.4 Å². The number of anilines is 1. The molecule has 0 aromatic heterocycles. The Labute approximate surface area is 148 Å². The molecule has 0 N–H and O–H groups in total. The van der Waals surface area contributed by atoms with E-state index in [2.05, 4.69) is 17.9 Å². The van der Waals surface area contributed by atoms with Crippen LogP contribution in [0.5, 0.6) is 0 Å². The number of amides is 1. The zero-order valence-corrected chi connectivity index (χ0v) is 15.1. The number of hydrogen-bond acceptors (Lipinski definition) is 4. The number of aryl methyl sites for hydroxylation is 1. The summed E-state index contributed by atoms with van der Waals surface area (Å²) in [7, 11) is 1.82. The molecular weight excluding hydrogens is 316 g/mol. The van der Waals surface area contributed by atoms with Gasteiger partial charge in [-0.1, -0.05) is 0 Å². The Balaban J connectivity index is 1.67. The van der Waals surface area contributed by atoms with Crippen LogP contribution in [0.2, 0.25) is 0 Å². The molecular formula is C20H26N2O3. The van der Waals surface area contributed by atoms with E-state index in [0.717, 1.165) is 68.1 Å². The first-order chi connectivity index (χ1) is 12.1. The van der Waals surface area contributed by atoms with Crippen LogP contribution in [-0.2, 0) is 22.4 Å². The van der Waals surface area contributed by atoms with Crippen molar-refractivity contribution < 1.29 is 14.3 Å². The number of ketones is 1. The van der Waals surface area contributed by atoms with Crippen LogP contribution in [0.15, 0.2) is 6.07 Å². The van der Waals surface area contributed by atoms with Gasteiger partial charge in [0.05, 0.1) is 13.2 Å². The number of fused-ring (bicyclic) bond motifs is 3. The molecule has 0 radical (unpaired) electrons. The number of benzene rings is 1. The number of nitrogens with zero attached hydrogens (tertiary/aromatic N) is 2. The standard InChI is InChI=1S/C20H26N2O3/c1-13-11-17-16(5-6-18(23)21(17)2)19-15(13)4-3-14(20(19)24)12-22-7-9-25-10-8-22/h11,14H,3-10,12H2,1-2H3. The van der Waals surface area contributed by atoms with Gasteiger partial charge in [-0.15, -0.1) is 0 Å². The number of carbonyl (C=O) groups excluding carboxylic acids is 2. The van der Waals surface area contributed by atoms with E-state index in [1.807, 2.05) is 7.05 Å². The van der Waals surface area contributed by atoms with Crippen molar-refractivity contribution in [1.82, 2.24) is 4.90 Å². The maximum Gasteiger partial charge on any atom is 0.227 e. The molecule has 0 bridgehead atoms. The zero-order valence-electron chi connectivity index (χ0n) is 15.1. The molecule has 1 fully saturated rings. The summed E-state index contributed by atoms with van der Waals surface area (Å²) in [6.45, 7) is 6.26. The first kappa shape index (κ1) is 16.7. The van der Waals surface area contributed by atoms with E-state index in [4.69, 9.17) is 4.74 Å². The molecule has 0 saturated carbocycles. The third-order valence-electron chi connectivity index (χ3n) is 6.01. The second kappa shape index (κ2) is 6.54. The van der Waals surface area contributed by atoms with E-state index >= 15 is 0 Å². The average molecular weight is 342 g/mol. The Kier molecular flexibility index (Phi) is 4.38. The largest absolute Gasteiger partial charge is 0.379 e. The van der Waals surface area contributed by atoms with Gasteiger partial charge in [0.2, 0.25) is 5.91 Å². The second-order valence-corrected chi connectivity index (χ2v) is 7.51. The maximum absolute atomic E-state index is 13.3. The van der Waals surface area contributed by atoms with Crippen molar-refractivity contribution in [3.63, 3.8) is 0 Å². The highest BCUT2D eigenvalue weighted by atomic mass is 16.5. The number of Topliss-reactive ketones (excluding diaryl/α,β-unsaturated/α-hetero) is 1. The summed E-state index contributed by atoms with van der Waals surface area (Å²) in [5.74, 6) is 0.495. The maximum atomic E-state index is 13.3. The molecule has 1 aromatic rings. The van der Waals surface area contributed by atoms with Crippen LogP contribution in [0.25, 0.3) is 0 Å². The number of ether oxygens (including phenoxy) is 1. The average Bonchev–Trinajstić information content (AvgIpc) is 2.62. The first-order valence-corrected chi connectivity index (χ1v) is 9.32. The fourth-order valence-corrected chi connectivity index (χ4v) is 4.52. The summed E-state index contributed by atoms with van der Waals surface area (Å²) in [5, 5.41) is 0. The molecule has 134 valence electrons. The third-order valence-corrected chi connectivity index (χ3v) is 6.01. The predicted octanol–water partition coefficient (Wildman–Crippen LogP) is 1.98. The monoisotopic (exact) mass is 342 g/mol. The molecule has 4 rings (SSSR count). The van der Waals surface area contributed by atoms with Gasteiger partial charge in [-0.2, -0.15) is 0 Å². The van der Waals surface area contributed by atoms with Gasteiger partial charge in [0.25, 0.3) is 0 Å².